The number of aromatic nitrogens is 3. The molecule has 0 fully saturated rings. The molecule has 0 saturated heterocycles. The Morgan fingerprint density at radius 1 is 0.806 bits per heavy atom. The number of halogens is 3. The Morgan fingerprint density at radius 3 is 2.03 bits per heavy atom. The lowest BCUT2D eigenvalue weighted by molar-refractivity contribution is -0.274. The van der Waals surface area contributed by atoms with Crippen LogP contribution in [0.15, 0.2) is 90.0 Å². The smallest absolute Gasteiger partial charge is 0.406 e. The number of benzene rings is 2. The highest BCUT2D eigenvalue weighted by molar-refractivity contribution is 7.90. The van der Waals surface area contributed by atoms with Gasteiger partial charge in [0.05, 0.1) is 10.4 Å². The highest BCUT2D eigenvalue weighted by Gasteiger charge is 2.31. The summed E-state index contributed by atoms with van der Waals surface area (Å²) in [5, 5.41) is 4.63. The van der Waals surface area contributed by atoms with Gasteiger partial charge in [0, 0.05) is 28.7 Å². The second-order valence-corrected chi connectivity index (χ2v) is 10.0. The van der Waals surface area contributed by atoms with Gasteiger partial charge in [-0.1, -0.05) is 18.2 Å². The third-order valence-corrected chi connectivity index (χ3v) is 7.71. The van der Waals surface area contributed by atoms with E-state index in [-0.39, 0.29) is 10.6 Å². The molecule has 5 rings (SSSR count). The minimum Gasteiger partial charge on any atom is -0.406 e. The van der Waals surface area contributed by atoms with Gasteiger partial charge in [0.25, 0.3) is 10.0 Å². The number of hydrogen-bond donors (Lipinski definition) is 0. The average molecular weight is 512 g/mol. The first-order valence-electron chi connectivity index (χ1n) is 10.9. The van der Waals surface area contributed by atoms with Crippen LogP contribution in [0.4, 0.5) is 13.2 Å². The first-order valence-corrected chi connectivity index (χ1v) is 12.3. The van der Waals surface area contributed by atoms with Crippen molar-refractivity contribution in [2.45, 2.75) is 25.1 Å². The zero-order chi connectivity index (χ0) is 25.7. The fraction of sp³-hybridized carbons (Fsp3) is 0.115. The molecule has 3 heterocycles. The fourth-order valence-corrected chi connectivity index (χ4v) is 5.80. The molecule has 0 aliphatic rings. The van der Waals surface area contributed by atoms with Gasteiger partial charge in [-0.15, -0.1) is 13.2 Å². The molecule has 0 saturated carbocycles. The van der Waals surface area contributed by atoms with E-state index in [0.717, 1.165) is 11.1 Å². The number of alkyl halides is 3. The Hall–Kier alpha value is -4.05. The number of nitrogens with zero attached hydrogens (tertiary/aromatic N) is 3. The van der Waals surface area contributed by atoms with E-state index in [1.165, 1.54) is 28.2 Å². The fourth-order valence-electron chi connectivity index (χ4n) is 4.23. The van der Waals surface area contributed by atoms with Crippen LogP contribution in [-0.2, 0) is 10.0 Å². The largest absolute Gasteiger partial charge is 0.573 e. The maximum absolute atomic E-state index is 13.2. The number of ether oxygens (including phenoxy) is 1. The molecule has 0 N–H and O–H groups in total. The lowest BCUT2D eigenvalue weighted by Gasteiger charge is -2.12. The molecule has 0 amide bonds. The van der Waals surface area contributed by atoms with Crippen molar-refractivity contribution < 1.29 is 26.3 Å². The van der Waals surface area contributed by atoms with E-state index in [0.29, 0.717) is 28.2 Å². The number of fused-ring (bicyclic) bond motifs is 1. The summed E-state index contributed by atoms with van der Waals surface area (Å²) in [6, 6.07) is 21.0. The van der Waals surface area contributed by atoms with Crippen LogP contribution in [0.1, 0.15) is 11.4 Å². The highest BCUT2D eigenvalue weighted by Crippen LogP contribution is 2.37. The predicted molar refractivity (Wildman–Crippen MR) is 129 cm³/mol. The molecule has 5 aromatic rings. The first kappa shape index (κ1) is 23.7. The Bertz CT molecular complexity index is 1650. The van der Waals surface area contributed by atoms with E-state index >= 15 is 0 Å². The van der Waals surface area contributed by atoms with Crippen LogP contribution in [0, 0.1) is 13.8 Å². The zero-order valence-corrected chi connectivity index (χ0v) is 20.0. The Balaban J connectivity index is 1.59. The quantitative estimate of drug-likeness (QED) is 0.281. The van der Waals surface area contributed by atoms with Gasteiger partial charge in [-0.05, 0) is 80.1 Å². The maximum Gasteiger partial charge on any atom is 0.573 e. The molecule has 0 bridgehead atoms. The summed E-state index contributed by atoms with van der Waals surface area (Å²) >= 11 is 0. The van der Waals surface area contributed by atoms with E-state index in [2.05, 4.69) is 9.84 Å². The standard InChI is InChI=1S/C26H20F3N3O3S/c1-17-6-7-18(2)32(17)36(33,34)22-14-10-19(11-15-22)24-23-5-3-4-16-31(23)30-25(24)20-8-12-21(13-9-20)35-26(27,28)29/h3-16H,1-2H3. The number of aryl methyl sites for hydroxylation is 2. The Kier molecular flexibility index (Phi) is 5.63. The van der Waals surface area contributed by atoms with E-state index in [1.54, 1.807) is 61.0 Å². The van der Waals surface area contributed by atoms with Gasteiger partial charge in [-0.25, -0.2) is 16.9 Å². The van der Waals surface area contributed by atoms with Gasteiger partial charge in [-0.3, -0.25) is 0 Å². The minimum absolute atomic E-state index is 0.139. The van der Waals surface area contributed by atoms with Crippen molar-refractivity contribution in [2.24, 2.45) is 0 Å². The van der Waals surface area contributed by atoms with Crippen molar-refractivity contribution in [3.8, 4) is 28.1 Å². The molecule has 36 heavy (non-hydrogen) atoms. The van der Waals surface area contributed by atoms with Gasteiger partial charge >= 0.3 is 6.36 Å². The number of hydrogen-bond acceptors (Lipinski definition) is 4. The van der Waals surface area contributed by atoms with Gasteiger partial charge < -0.3 is 4.74 Å². The molecule has 2 aromatic carbocycles. The average Bonchev–Trinajstić information content (AvgIpc) is 3.38. The molecular weight excluding hydrogens is 491 g/mol. The molecule has 3 aromatic heterocycles. The van der Waals surface area contributed by atoms with E-state index in [9.17, 15) is 21.6 Å². The molecule has 0 atom stereocenters. The molecule has 6 nitrogen and oxygen atoms in total. The third-order valence-electron chi connectivity index (χ3n) is 5.79. The number of pyridine rings is 1. The molecular formula is C26H20F3N3O3S. The summed E-state index contributed by atoms with van der Waals surface area (Å²) in [4.78, 5) is 0.139. The van der Waals surface area contributed by atoms with Crippen molar-refractivity contribution in [1.29, 1.82) is 0 Å². The van der Waals surface area contributed by atoms with E-state index in [4.69, 9.17) is 0 Å². The summed E-state index contributed by atoms with van der Waals surface area (Å²) in [5.41, 5.74) is 4.53. The summed E-state index contributed by atoms with van der Waals surface area (Å²) in [5.74, 6) is -0.332. The van der Waals surface area contributed by atoms with E-state index in [1.807, 2.05) is 18.2 Å². The van der Waals surface area contributed by atoms with Crippen LogP contribution in [0.3, 0.4) is 0 Å². The van der Waals surface area contributed by atoms with Crippen molar-refractivity contribution >= 4 is 15.5 Å². The van der Waals surface area contributed by atoms with Crippen LogP contribution < -0.4 is 4.74 Å². The first-order chi connectivity index (χ1) is 17.0. The van der Waals surface area contributed by atoms with Crippen molar-refractivity contribution in [3.05, 3.63) is 96.4 Å². The number of rotatable bonds is 5. The SMILES string of the molecule is Cc1ccc(C)n1S(=O)(=O)c1ccc(-c2c(-c3ccc(OC(F)(F)F)cc3)nn3ccccc23)cc1. The zero-order valence-electron chi connectivity index (χ0n) is 19.2. The van der Waals surface area contributed by atoms with Gasteiger partial charge in [0.1, 0.15) is 11.4 Å². The van der Waals surface area contributed by atoms with Gasteiger partial charge in [0.2, 0.25) is 0 Å². The Labute approximate surface area is 205 Å². The molecule has 0 aliphatic heterocycles. The summed E-state index contributed by atoms with van der Waals surface area (Å²) in [6.45, 7) is 3.46. The van der Waals surface area contributed by atoms with Crippen molar-refractivity contribution in [3.63, 3.8) is 0 Å². The lowest BCUT2D eigenvalue weighted by Crippen LogP contribution is -2.16. The molecule has 184 valence electrons. The van der Waals surface area contributed by atoms with Crippen LogP contribution in [-0.4, -0.2) is 28.4 Å². The Morgan fingerprint density at radius 2 is 1.42 bits per heavy atom. The van der Waals surface area contributed by atoms with Crippen LogP contribution in [0.5, 0.6) is 5.75 Å². The maximum atomic E-state index is 13.2. The van der Waals surface area contributed by atoms with E-state index < -0.39 is 16.4 Å². The van der Waals surface area contributed by atoms with Gasteiger partial charge in [0.15, 0.2) is 0 Å². The molecule has 0 radical (unpaired) electrons. The second kappa shape index (κ2) is 8.56. The topological polar surface area (TPSA) is 65.6 Å². The predicted octanol–water partition coefficient (Wildman–Crippen LogP) is 6.22. The lowest BCUT2D eigenvalue weighted by atomic mass is 10.00. The van der Waals surface area contributed by atoms with Gasteiger partial charge in [-0.2, -0.15) is 5.10 Å². The highest BCUT2D eigenvalue weighted by atomic mass is 32.2. The second-order valence-electron chi connectivity index (χ2n) is 8.24. The third kappa shape index (κ3) is 4.24. The van der Waals surface area contributed by atoms with Crippen molar-refractivity contribution in [2.75, 3.05) is 0 Å². The molecule has 0 unspecified atom stereocenters. The minimum atomic E-state index is -4.78. The summed E-state index contributed by atoms with van der Waals surface area (Å²) < 4.78 is 71.1. The molecule has 10 heteroatoms. The van der Waals surface area contributed by atoms with Crippen LogP contribution in [0.2, 0.25) is 0 Å². The normalized spacial score (nSPS) is 12.2. The van der Waals surface area contributed by atoms with Crippen LogP contribution in [0.25, 0.3) is 27.9 Å². The van der Waals surface area contributed by atoms with Crippen LogP contribution >= 0.6 is 0 Å². The molecule has 0 aliphatic carbocycles. The molecule has 0 spiro atoms. The summed E-state index contributed by atoms with van der Waals surface area (Å²) in [7, 11) is -3.78. The summed E-state index contributed by atoms with van der Waals surface area (Å²) in [6.07, 6.45) is -3.02. The monoisotopic (exact) mass is 511 g/mol. The van der Waals surface area contributed by atoms with Crippen molar-refractivity contribution in [1.82, 2.24) is 13.6 Å².